The van der Waals surface area contributed by atoms with E-state index in [-0.39, 0.29) is 5.56 Å². The van der Waals surface area contributed by atoms with E-state index in [2.05, 4.69) is 9.97 Å². The summed E-state index contributed by atoms with van der Waals surface area (Å²) in [6, 6.07) is 5.79. The van der Waals surface area contributed by atoms with Crippen molar-refractivity contribution >= 4 is 11.8 Å². The van der Waals surface area contributed by atoms with Gasteiger partial charge in [-0.3, -0.25) is 4.79 Å². The minimum absolute atomic E-state index is 0.0153. The third kappa shape index (κ3) is 2.14. The molecule has 0 aliphatic carbocycles. The van der Waals surface area contributed by atoms with Gasteiger partial charge in [-0.25, -0.2) is 4.98 Å². The van der Waals surface area contributed by atoms with Gasteiger partial charge in [0.1, 0.15) is 11.6 Å². The Hall–Kier alpha value is -1.75. The second-order valence-electron chi connectivity index (χ2n) is 4.52. The molecule has 1 aliphatic heterocycles. The lowest BCUT2D eigenvalue weighted by atomic mass is 10.1. The third-order valence-corrected chi connectivity index (χ3v) is 4.22. The first-order chi connectivity index (χ1) is 9.19. The van der Waals surface area contributed by atoms with Crippen LogP contribution < -0.4 is 10.3 Å². The summed E-state index contributed by atoms with van der Waals surface area (Å²) in [6.07, 6.45) is 0. The quantitative estimate of drug-likeness (QED) is 0.914. The average molecular weight is 274 g/mol. The van der Waals surface area contributed by atoms with E-state index in [0.717, 1.165) is 39.6 Å². The summed E-state index contributed by atoms with van der Waals surface area (Å²) in [5, 5.41) is 0. The van der Waals surface area contributed by atoms with E-state index >= 15 is 0 Å². The van der Waals surface area contributed by atoms with Crippen molar-refractivity contribution in [2.75, 3.05) is 7.11 Å². The topological polar surface area (TPSA) is 55.0 Å². The molecule has 0 fully saturated rings. The Morgan fingerprint density at radius 3 is 2.95 bits per heavy atom. The number of nitrogens with one attached hydrogen (secondary N) is 1. The van der Waals surface area contributed by atoms with Crippen molar-refractivity contribution in [3.05, 3.63) is 45.4 Å². The van der Waals surface area contributed by atoms with Crippen molar-refractivity contribution in [2.45, 2.75) is 18.4 Å². The number of nitrogens with zero attached hydrogens (tertiary/aromatic N) is 1. The molecule has 4 nitrogen and oxygen atoms in total. The number of rotatable bonds is 2. The highest BCUT2D eigenvalue weighted by atomic mass is 32.2. The van der Waals surface area contributed by atoms with Gasteiger partial charge >= 0.3 is 0 Å². The van der Waals surface area contributed by atoms with Crippen LogP contribution >= 0.6 is 11.8 Å². The number of fused-ring (bicyclic) bond motifs is 1. The summed E-state index contributed by atoms with van der Waals surface area (Å²) in [5.41, 5.74) is 3.65. The molecule has 0 atom stereocenters. The standard InChI is InChI=1S/C14H14N2O2S/c1-8-5-9(3-4-12(8)18-2)13-15-11-7-19-6-10(11)14(17)16-13/h3-5H,6-7H2,1-2H3,(H,15,16,17). The van der Waals surface area contributed by atoms with Crippen LogP contribution in [0.3, 0.4) is 0 Å². The fourth-order valence-corrected chi connectivity index (χ4v) is 3.26. The van der Waals surface area contributed by atoms with E-state index in [4.69, 9.17) is 4.74 Å². The van der Waals surface area contributed by atoms with E-state index in [1.807, 2.05) is 25.1 Å². The Morgan fingerprint density at radius 1 is 1.37 bits per heavy atom. The lowest BCUT2D eigenvalue weighted by molar-refractivity contribution is 0.412. The van der Waals surface area contributed by atoms with Crippen molar-refractivity contribution in [2.24, 2.45) is 0 Å². The highest BCUT2D eigenvalue weighted by Gasteiger charge is 2.18. The predicted octanol–water partition coefficient (Wildman–Crippen LogP) is 2.50. The molecule has 1 N–H and O–H groups in total. The van der Waals surface area contributed by atoms with Gasteiger partial charge in [-0.15, -0.1) is 0 Å². The van der Waals surface area contributed by atoms with E-state index < -0.39 is 0 Å². The number of aromatic nitrogens is 2. The molecule has 2 heterocycles. The molecule has 1 aliphatic rings. The van der Waals surface area contributed by atoms with E-state index in [1.54, 1.807) is 18.9 Å². The maximum atomic E-state index is 12.0. The van der Waals surface area contributed by atoms with Gasteiger partial charge in [-0.05, 0) is 30.7 Å². The Morgan fingerprint density at radius 2 is 2.21 bits per heavy atom. The number of benzene rings is 1. The monoisotopic (exact) mass is 274 g/mol. The van der Waals surface area contributed by atoms with Crippen molar-refractivity contribution < 1.29 is 4.74 Å². The Labute approximate surface area is 115 Å². The van der Waals surface area contributed by atoms with Crippen LogP contribution in [0.2, 0.25) is 0 Å². The number of ether oxygens (including phenoxy) is 1. The van der Waals surface area contributed by atoms with Crippen molar-refractivity contribution in [1.82, 2.24) is 9.97 Å². The highest BCUT2D eigenvalue weighted by Crippen LogP contribution is 2.28. The maximum absolute atomic E-state index is 12.0. The second-order valence-corrected chi connectivity index (χ2v) is 5.50. The van der Waals surface area contributed by atoms with Crippen molar-refractivity contribution in [3.63, 3.8) is 0 Å². The van der Waals surface area contributed by atoms with Gasteiger partial charge in [-0.2, -0.15) is 11.8 Å². The second kappa shape index (κ2) is 4.74. The number of thioether (sulfide) groups is 1. The largest absolute Gasteiger partial charge is 0.496 e. The van der Waals surface area contributed by atoms with Crippen LogP contribution in [0.4, 0.5) is 0 Å². The van der Waals surface area contributed by atoms with Crippen molar-refractivity contribution in [3.8, 4) is 17.1 Å². The number of methoxy groups -OCH3 is 1. The summed E-state index contributed by atoms with van der Waals surface area (Å²) in [7, 11) is 1.65. The molecule has 0 unspecified atom stereocenters. The van der Waals surface area contributed by atoms with Gasteiger partial charge < -0.3 is 9.72 Å². The van der Waals surface area contributed by atoms with Gasteiger partial charge in [0.15, 0.2) is 0 Å². The molecule has 1 aromatic carbocycles. The van der Waals surface area contributed by atoms with Crippen LogP contribution in [0.15, 0.2) is 23.0 Å². The predicted molar refractivity (Wildman–Crippen MR) is 76.6 cm³/mol. The number of H-pyrrole nitrogens is 1. The highest BCUT2D eigenvalue weighted by molar-refractivity contribution is 7.98. The van der Waals surface area contributed by atoms with E-state index in [1.165, 1.54) is 0 Å². The average Bonchev–Trinajstić information content (AvgIpc) is 2.87. The van der Waals surface area contributed by atoms with Crippen LogP contribution in [-0.4, -0.2) is 17.1 Å². The smallest absolute Gasteiger partial charge is 0.255 e. The zero-order chi connectivity index (χ0) is 13.4. The molecule has 3 rings (SSSR count). The fraction of sp³-hybridized carbons (Fsp3) is 0.286. The number of aromatic amines is 1. The van der Waals surface area contributed by atoms with Crippen LogP contribution in [0.25, 0.3) is 11.4 Å². The number of aryl methyl sites for hydroxylation is 1. The lowest BCUT2D eigenvalue weighted by Crippen LogP contribution is -2.15. The summed E-state index contributed by atoms with van der Waals surface area (Å²) < 4.78 is 5.24. The summed E-state index contributed by atoms with van der Waals surface area (Å²) in [4.78, 5) is 19.4. The van der Waals surface area contributed by atoms with Crippen LogP contribution in [0.1, 0.15) is 16.8 Å². The SMILES string of the molecule is COc1ccc(-c2nc3c(c(=O)[nH]2)CSC3)cc1C. The third-order valence-electron chi connectivity index (χ3n) is 3.25. The zero-order valence-corrected chi connectivity index (χ0v) is 11.6. The number of hydrogen-bond acceptors (Lipinski definition) is 4. The number of hydrogen-bond donors (Lipinski definition) is 1. The molecule has 0 spiro atoms. The Kier molecular flexibility index (Phi) is 3.06. The Balaban J connectivity index is 2.10. The molecule has 19 heavy (non-hydrogen) atoms. The first-order valence-electron chi connectivity index (χ1n) is 6.04. The van der Waals surface area contributed by atoms with Gasteiger partial charge in [0.2, 0.25) is 0 Å². The Bertz CT molecular complexity index is 694. The first kappa shape index (κ1) is 12.3. The van der Waals surface area contributed by atoms with Gasteiger partial charge in [0.25, 0.3) is 5.56 Å². The van der Waals surface area contributed by atoms with Crippen LogP contribution in [0, 0.1) is 6.92 Å². The molecule has 0 amide bonds. The zero-order valence-electron chi connectivity index (χ0n) is 10.8. The fourth-order valence-electron chi connectivity index (χ4n) is 2.22. The summed E-state index contributed by atoms with van der Waals surface area (Å²) >= 11 is 1.73. The molecule has 0 radical (unpaired) electrons. The first-order valence-corrected chi connectivity index (χ1v) is 7.19. The van der Waals surface area contributed by atoms with E-state index in [0.29, 0.717) is 5.82 Å². The maximum Gasteiger partial charge on any atom is 0.255 e. The molecule has 98 valence electrons. The molecule has 1 aromatic heterocycles. The molecule has 0 saturated heterocycles. The molecular weight excluding hydrogens is 260 g/mol. The summed E-state index contributed by atoms with van der Waals surface area (Å²) in [5.74, 6) is 3.06. The van der Waals surface area contributed by atoms with Gasteiger partial charge in [-0.1, -0.05) is 0 Å². The molecule has 0 bridgehead atoms. The van der Waals surface area contributed by atoms with Gasteiger partial charge in [0, 0.05) is 22.6 Å². The minimum Gasteiger partial charge on any atom is -0.496 e. The molecule has 5 heteroatoms. The molecular formula is C14H14N2O2S. The van der Waals surface area contributed by atoms with Gasteiger partial charge in [0.05, 0.1) is 12.8 Å². The van der Waals surface area contributed by atoms with Crippen molar-refractivity contribution in [1.29, 1.82) is 0 Å². The van der Waals surface area contributed by atoms with E-state index in [9.17, 15) is 4.79 Å². The van der Waals surface area contributed by atoms with Crippen LogP contribution in [0.5, 0.6) is 5.75 Å². The minimum atomic E-state index is -0.0153. The van der Waals surface area contributed by atoms with Crippen LogP contribution in [-0.2, 0) is 11.5 Å². The molecule has 0 saturated carbocycles. The normalized spacial score (nSPS) is 13.4. The lowest BCUT2D eigenvalue weighted by Gasteiger charge is -2.08. The molecule has 2 aromatic rings. The summed E-state index contributed by atoms with van der Waals surface area (Å²) in [6.45, 7) is 1.98.